The van der Waals surface area contributed by atoms with Gasteiger partial charge in [-0.2, -0.15) is 0 Å². The summed E-state index contributed by atoms with van der Waals surface area (Å²) in [6.07, 6.45) is 2.24. The second-order valence-corrected chi connectivity index (χ2v) is 6.69. The fourth-order valence-electron chi connectivity index (χ4n) is 2.38. The summed E-state index contributed by atoms with van der Waals surface area (Å²) in [7, 11) is 0. The minimum Gasteiger partial charge on any atom is -0.355 e. The van der Waals surface area contributed by atoms with Crippen molar-refractivity contribution in [3.8, 4) is 0 Å². The summed E-state index contributed by atoms with van der Waals surface area (Å²) in [5.41, 5.74) is 1.43. The molecule has 4 heteroatoms. The van der Waals surface area contributed by atoms with Gasteiger partial charge in [0, 0.05) is 13.1 Å². The van der Waals surface area contributed by atoms with Gasteiger partial charge in [-0.1, -0.05) is 43.7 Å². The van der Waals surface area contributed by atoms with Crippen LogP contribution in [0, 0.1) is 18.3 Å². The Morgan fingerprint density at radius 2 is 1.68 bits per heavy atom. The van der Waals surface area contributed by atoms with Crippen LogP contribution in [0.5, 0.6) is 0 Å². The molecule has 2 rings (SSSR count). The first-order valence-corrected chi connectivity index (χ1v) is 8.06. The summed E-state index contributed by atoms with van der Waals surface area (Å²) >= 11 is 0. The fraction of sp³-hybridized carbons (Fsp3) is 0.556. The topological polar surface area (TPSA) is 58.2 Å². The van der Waals surface area contributed by atoms with Crippen LogP contribution < -0.4 is 10.6 Å². The standard InChI is InChI=1S/C18H26N2O2/c1-13(2)8-11-19-16(21)18(9-10-18)17(22)20-12-15-6-4-14(3)5-7-15/h4-7,13H,8-12H2,1-3H3,(H,19,21)(H,20,22). The molecule has 2 N–H and O–H groups in total. The summed E-state index contributed by atoms with van der Waals surface area (Å²) in [5.74, 6) is 0.287. The maximum atomic E-state index is 12.3. The van der Waals surface area contributed by atoms with E-state index in [1.165, 1.54) is 5.56 Å². The van der Waals surface area contributed by atoms with E-state index in [9.17, 15) is 9.59 Å². The normalized spacial score (nSPS) is 15.5. The van der Waals surface area contributed by atoms with Crippen LogP contribution in [0.2, 0.25) is 0 Å². The van der Waals surface area contributed by atoms with Crippen molar-refractivity contribution in [3.63, 3.8) is 0 Å². The molecule has 0 saturated heterocycles. The molecule has 4 nitrogen and oxygen atoms in total. The predicted molar refractivity (Wildman–Crippen MR) is 87.2 cm³/mol. The van der Waals surface area contributed by atoms with Crippen molar-refractivity contribution in [3.05, 3.63) is 35.4 Å². The Kier molecular flexibility index (Phi) is 5.22. The van der Waals surface area contributed by atoms with E-state index < -0.39 is 5.41 Å². The van der Waals surface area contributed by atoms with E-state index in [1.807, 2.05) is 31.2 Å². The van der Waals surface area contributed by atoms with Crippen LogP contribution >= 0.6 is 0 Å². The number of amides is 2. The molecular formula is C18H26N2O2. The number of carbonyl (C=O) groups excluding carboxylic acids is 2. The third-order valence-electron chi connectivity index (χ3n) is 4.20. The highest BCUT2D eigenvalue weighted by atomic mass is 16.2. The first-order chi connectivity index (χ1) is 10.4. The fourth-order valence-corrected chi connectivity index (χ4v) is 2.38. The van der Waals surface area contributed by atoms with Crippen molar-refractivity contribution in [1.82, 2.24) is 10.6 Å². The summed E-state index contributed by atoms with van der Waals surface area (Å²) in [5, 5.41) is 5.81. The van der Waals surface area contributed by atoms with Gasteiger partial charge in [-0.3, -0.25) is 9.59 Å². The average molecular weight is 302 g/mol. The van der Waals surface area contributed by atoms with Crippen LogP contribution in [-0.4, -0.2) is 18.4 Å². The van der Waals surface area contributed by atoms with Gasteiger partial charge in [-0.15, -0.1) is 0 Å². The molecule has 0 aromatic heterocycles. The zero-order valence-electron chi connectivity index (χ0n) is 13.7. The van der Waals surface area contributed by atoms with Gasteiger partial charge < -0.3 is 10.6 Å². The average Bonchev–Trinajstić information content (AvgIpc) is 3.27. The highest BCUT2D eigenvalue weighted by Gasteiger charge is 2.56. The zero-order chi connectivity index (χ0) is 16.2. The molecule has 1 saturated carbocycles. The quantitative estimate of drug-likeness (QED) is 0.761. The Morgan fingerprint density at radius 1 is 1.09 bits per heavy atom. The Balaban J connectivity index is 1.83. The van der Waals surface area contributed by atoms with Crippen LogP contribution in [0.3, 0.4) is 0 Å². The molecular weight excluding hydrogens is 276 g/mol. The monoisotopic (exact) mass is 302 g/mol. The van der Waals surface area contributed by atoms with Gasteiger partial charge in [-0.25, -0.2) is 0 Å². The first kappa shape index (κ1) is 16.5. The van der Waals surface area contributed by atoms with Crippen molar-refractivity contribution in [1.29, 1.82) is 0 Å². The minimum atomic E-state index is -0.818. The lowest BCUT2D eigenvalue weighted by molar-refractivity contribution is -0.137. The van der Waals surface area contributed by atoms with Gasteiger partial charge >= 0.3 is 0 Å². The lowest BCUT2D eigenvalue weighted by atomic mass is 10.0. The number of rotatable bonds is 7. The van der Waals surface area contributed by atoms with Crippen LogP contribution in [0.25, 0.3) is 0 Å². The third kappa shape index (κ3) is 4.09. The largest absolute Gasteiger partial charge is 0.355 e. The van der Waals surface area contributed by atoms with E-state index in [4.69, 9.17) is 0 Å². The van der Waals surface area contributed by atoms with Gasteiger partial charge in [0.25, 0.3) is 0 Å². The molecule has 0 heterocycles. The summed E-state index contributed by atoms with van der Waals surface area (Å²) < 4.78 is 0. The SMILES string of the molecule is Cc1ccc(CNC(=O)C2(C(=O)NCCC(C)C)CC2)cc1. The number of benzene rings is 1. The van der Waals surface area contributed by atoms with Crippen LogP contribution in [-0.2, 0) is 16.1 Å². The third-order valence-corrected chi connectivity index (χ3v) is 4.20. The van der Waals surface area contributed by atoms with E-state index in [1.54, 1.807) is 0 Å². The molecule has 120 valence electrons. The van der Waals surface area contributed by atoms with E-state index in [0.29, 0.717) is 31.8 Å². The van der Waals surface area contributed by atoms with Gasteiger partial charge in [0.2, 0.25) is 11.8 Å². The minimum absolute atomic E-state index is 0.116. The van der Waals surface area contributed by atoms with E-state index in [-0.39, 0.29) is 11.8 Å². The number of carbonyl (C=O) groups is 2. The second kappa shape index (κ2) is 6.95. The zero-order valence-corrected chi connectivity index (χ0v) is 13.7. The van der Waals surface area contributed by atoms with Crippen molar-refractivity contribution >= 4 is 11.8 Å². The molecule has 0 bridgehead atoms. The van der Waals surface area contributed by atoms with Crippen LogP contribution in [0.15, 0.2) is 24.3 Å². The second-order valence-electron chi connectivity index (χ2n) is 6.69. The molecule has 1 aliphatic rings. The van der Waals surface area contributed by atoms with Crippen molar-refractivity contribution in [2.45, 2.75) is 46.6 Å². The lowest BCUT2D eigenvalue weighted by Crippen LogP contribution is -2.43. The molecule has 0 atom stereocenters. The Labute approximate surface area is 132 Å². The maximum Gasteiger partial charge on any atom is 0.235 e. The van der Waals surface area contributed by atoms with Crippen molar-refractivity contribution in [2.24, 2.45) is 11.3 Å². The smallest absolute Gasteiger partial charge is 0.235 e. The number of nitrogens with one attached hydrogen (secondary N) is 2. The molecule has 0 unspecified atom stereocenters. The van der Waals surface area contributed by atoms with Crippen LogP contribution in [0.4, 0.5) is 0 Å². The summed E-state index contributed by atoms with van der Waals surface area (Å²) in [4.78, 5) is 24.6. The molecule has 0 radical (unpaired) electrons. The van der Waals surface area contributed by atoms with E-state index in [0.717, 1.165) is 12.0 Å². The van der Waals surface area contributed by atoms with Crippen LogP contribution in [0.1, 0.15) is 44.2 Å². The molecule has 0 aliphatic heterocycles. The van der Waals surface area contributed by atoms with Gasteiger partial charge in [-0.05, 0) is 37.7 Å². The summed E-state index contributed by atoms with van der Waals surface area (Å²) in [6.45, 7) is 7.38. The predicted octanol–water partition coefficient (Wildman–Crippen LogP) is 2.55. The van der Waals surface area contributed by atoms with Gasteiger partial charge in [0.05, 0.1) is 0 Å². The van der Waals surface area contributed by atoms with E-state index in [2.05, 4.69) is 24.5 Å². The Bertz CT molecular complexity index is 531. The molecule has 2 amide bonds. The molecule has 1 aliphatic carbocycles. The molecule has 0 spiro atoms. The van der Waals surface area contributed by atoms with Crippen molar-refractivity contribution in [2.75, 3.05) is 6.54 Å². The number of aryl methyl sites for hydroxylation is 1. The van der Waals surface area contributed by atoms with E-state index >= 15 is 0 Å². The maximum absolute atomic E-state index is 12.3. The highest BCUT2D eigenvalue weighted by Crippen LogP contribution is 2.46. The van der Waals surface area contributed by atoms with Crippen molar-refractivity contribution < 1.29 is 9.59 Å². The highest BCUT2D eigenvalue weighted by molar-refractivity contribution is 6.07. The lowest BCUT2D eigenvalue weighted by Gasteiger charge is -2.16. The summed E-state index contributed by atoms with van der Waals surface area (Å²) in [6, 6.07) is 8.04. The Morgan fingerprint density at radius 3 is 2.23 bits per heavy atom. The first-order valence-electron chi connectivity index (χ1n) is 8.06. The molecule has 1 aromatic carbocycles. The molecule has 22 heavy (non-hydrogen) atoms. The molecule has 1 aromatic rings. The molecule has 1 fully saturated rings. The Hall–Kier alpha value is -1.84. The van der Waals surface area contributed by atoms with Gasteiger partial charge in [0.1, 0.15) is 5.41 Å². The number of hydrogen-bond donors (Lipinski definition) is 2. The van der Waals surface area contributed by atoms with Gasteiger partial charge in [0.15, 0.2) is 0 Å². The number of hydrogen-bond acceptors (Lipinski definition) is 2.